The molecule has 4 heteroatoms. The Morgan fingerprint density at radius 1 is 1.56 bits per heavy atom. The van der Waals surface area contributed by atoms with Crippen molar-refractivity contribution in [2.45, 2.75) is 13.0 Å². The number of carbonyl (C=O) groups is 2. The molecule has 0 saturated carbocycles. The number of rotatable bonds is 4. The van der Waals surface area contributed by atoms with Crippen LogP contribution in [0.25, 0.3) is 0 Å². The highest BCUT2D eigenvalue weighted by molar-refractivity contribution is 5.86. The molecule has 1 aliphatic heterocycles. The van der Waals surface area contributed by atoms with Gasteiger partial charge in [0.05, 0.1) is 6.61 Å². The summed E-state index contributed by atoms with van der Waals surface area (Å²) in [6.07, 6.45) is 3.40. The lowest BCUT2D eigenvalue weighted by atomic mass is 10.1. The summed E-state index contributed by atoms with van der Waals surface area (Å²) in [4.78, 5) is 22.5. The van der Waals surface area contributed by atoms with Crippen molar-refractivity contribution < 1.29 is 19.1 Å². The first-order valence-corrected chi connectivity index (χ1v) is 4.91. The number of hydrogen-bond donors (Lipinski definition) is 0. The van der Waals surface area contributed by atoms with Crippen LogP contribution < -0.4 is 0 Å². The molecule has 4 nitrogen and oxygen atoms in total. The lowest BCUT2D eigenvalue weighted by Gasteiger charge is -2.09. The summed E-state index contributed by atoms with van der Waals surface area (Å²) < 4.78 is 9.71. The van der Waals surface area contributed by atoms with E-state index in [0.717, 1.165) is 0 Å². The van der Waals surface area contributed by atoms with Gasteiger partial charge in [-0.2, -0.15) is 0 Å². The van der Waals surface area contributed by atoms with Crippen molar-refractivity contribution in [2.75, 3.05) is 6.61 Å². The summed E-state index contributed by atoms with van der Waals surface area (Å²) >= 11 is 0. The molecule has 1 rings (SSSR count). The largest absolute Gasteiger partial charge is 0.462 e. The molecular weight excluding hydrogens is 208 g/mol. The van der Waals surface area contributed by atoms with Crippen molar-refractivity contribution in [1.82, 2.24) is 0 Å². The summed E-state index contributed by atoms with van der Waals surface area (Å²) in [7, 11) is 0. The fourth-order valence-electron chi connectivity index (χ4n) is 1.19. The zero-order valence-corrected chi connectivity index (χ0v) is 9.14. The van der Waals surface area contributed by atoms with E-state index in [9.17, 15) is 9.59 Å². The molecule has 16 heavy (non-hydrogen) atoms. The number of hydrogen-bond acceptors (Lipinski definition) is 4. The maximum absolute atomic E-state index is 11.3. The topological polar surface area (TPSA) is 52.6 Å². The van der Waals surface area contributed by atoms with Gasteiger partial charge < -0.3 is 9.47 Å². The molecule has 0 aromatic carbocycles. The first-order chi connectivity index (χ1) is 7.54. The molecule has 0 bridgehead atoms. The van der Waals surface area contributed by atoms with Crippen LogP contribution >= 0.6 is 0 Å². The Balaban J connectivity index is 2.51. The summed E-state index contributed by atoms with van der Waals surface area (Å²) in [5, 5.41) is 0. The van der Waals surface area contributed by atoms with E-state index in [1.807, 2.05) is 0 Å². The van der Waals surface area contributed by atoms with Crippen LogP contribution in [0, 0.1) is 5.92 Å². The van der Waals surface area contributed by atoms with Crippen LogP contribution in [0.4, 0.5) is 0 Å². The van der Waals surface area contributed by atoms with E-state index in [4.69, 9.17) is 9.47 Å². The highest BCUT2D eigenvalue weighted by Crippen LogP contribution is 2.17. The van der Waals surface area contributed by atoms with Crippen LogP contribution in [-0.2, 0) is 19.1 Å². The third-order valence-corrected chi connectivity index (χ3v) is 2.18. The van der Waals surface area contributed by atoms with Gasteiger partial charge in [-0.15, -0.1) is 0 Å². The van der Waals surface area contributed by atoms with Crippen LogP contribution in [-0.4, -0.2) is 24.6 Å². The van der Waals surface area contributed by atoms with Gasteiger partial charge in [-0.1, -0.05) is 26.2 Å². The number of ether oxygens (including phenoxy) is 2. The summed E-state index contributed by atoms with van der Waals surface area (Å²) in [6, 6.07) is 0. The van der Waals surface area contributed by atoms with Crippen molar-refractivity contribution in [3.05, 3.63) is 37.0 Å². The van der Waals surface area contributed by atoms with E-state index in [0.29, 0.717) is 12.2 Å². The quantitative estimate of drug-likeness (QED) is 0.410. The van der Waals surface area contributed by atoms with Crippen molar-refractivity contribution in [2.24, 2.45) is 5.92 Å². The number of esters is 2. The summed E-state index contributed by atoms with van der Waals surface area (Å²) in [5.74, 6) is -1.18. The van der Waals surface area contributed by atoms with Crippen LogP contribution in [0.2, 0.25) is 0 Å². The first kappa shape index (κ1) is 12.2. The molecule has 0 aliphatic carbocycles. The Hall–Kier alpha value is -1.84. The lowest BCUT2D eigenvalue weighted by Crippen LogP contribution is -2.26. The normalized spacial score (nSPS) is 24.2. The van der Waals surface area contributed by atoms with Gasteiger partial charge in [0, 0.05) is 12.0 Å². The van der Waals surface area contributed by atoms with Gasteiger partial charge in [0.1, 0.15) is 0 Å². The Kier molecular flexibility index (Phi) is 4.05. The molecule has 0 N–H and O–H groups in total. The molecule has 1 heterocycles. The van der Waals surface area contributed by atoms with E-state index < -0.39 is 18.0 Å². The second-order valence-electron chi connectivity index (χ2n) is 3.58. The molecule has 0 spiro atoms. The van der Waals surface area contributed by atoms with Crippen molar-refractivity contribution >= 4 is 11.9 Å². The zero-order chi connectivity index (χ0) is 12.1. The fourth-order valence-corrected chi connectivity index (χ4v) is 1.19. The van der Waals surface area contributed by atoms with E-state index in [-0.39, 0.29) is 5.92 Å². The molecule has 2 unspecified atom stereocenters. The predicted molar refractivity (Wildman–Crippen MR) is 58.5 cm³/mol. The molecule has 1 aliphatic rings. The minimum atomic E-state index is -0.797. The van der Waals surface area contributed by atoms with Gasteiger partial charge in [0.15, 0.2) is 0 Å². The predicted octanol–water partition coefficient (Wildman–Crippen LogP) is 1.39. The van der Waals surface area contributed by atoms with E-state index in [2.05, 4.69) is 13.2 Å². The number of carbonyl (C=O) groups excluding carboxylic acids is 2. The zero-order valence-electron chi connectivity index (χ0n) is 9.14. The molecule has 0 aromatic heterocycles. The smallest absolute Gasteiger partial charge is 0.347 e. The molecule has 1 saturated heterocycles. The van der Waals surface area contributed by atoms with Gasteiger partial charge in [0.25, 0.3) is 0 Å². The standard InChI is InChI=1S/C12H14O4/c1-4-8(2)5-6-10(13)16-11-9(3)7-15-12(11)14/h4-6,9,11H,1-2,7H2,3H3. The average Bonchev–Trinajstić information content (AvgIpc) is 2.57. The molecule has 2 atom stereocenters. The van der Waals surface area contributed by atoms with E-state index in [1.54, 1.807) is 6.92 Å². The Morgan fingerprint density at radius 3 is 2.75 bits per heavy atom. The summed E-state index contributed by atoms with van der Waals surface area (Å²) in [5.41, 5.74) is 0.596. The van der Waals surface area contributed by atoms with E-state index >= 15 is 0 Å². The molecule has 86 valence electrons. The van der Waals surface area contributed by atoms with Crippen LogP contribution in [0.1, 0.15) is 6.92 Å². The monoisotopic (exact) mass is 222 g/mol. The molecule has 0 amide bonds. The van der Waals surface area contributed by atoms with Gasteiger partial charge in [0.2, 0.25) is 6.10 Å². The summed E-state index contributed by atoms with van der Waals surface area (Å²) in [6.45, 7) is 9.17. The minimum absolute atomic E-state index is 0.104. The molecule has 1 fully saturated rings. The van der Waals surface area contributed by atoms with Gasteiger partial charge in [-0.3, -0.25) is 0 Å². The fraction of sp³-hybridized carbons (Fsp3) is 0.333. The van der Waals surface area contributed by atoms with E-state index in [1.165, 1.54) is 18.2 Å². The third kappa shape index (κ3) is 3.08. The van der Waals surface area contributed by atoms with Crippen molar-refractivity contribution in [3.63, 3.8) is 0 Å². The van der Waals surface area contributed by atoms with Crippen LogP contribution in [0.5, 0.6) is 0 Å². The van der Waals surface area contributed by atoms with Crippen LogP contribution in [0.3, 0.4) is 0 Å². The SMILES string of the molecule is C=CC(=C)C=CC(=O)OC1C(=O)OCC1C. The first-order valence-electron chi connectivity index (χ1n) is 4.91. The highest BCUT2D eigenvalue weighted by atomic mass is 16.6. The Labute approximate surface area is 94.2 Å². The second kappa shape index (κ2) is 5.30. The van der Waals surface area contributed by atoms with Gasteiger partial charge in [-0.25, -0.2) is 9.59 Å². The van der Waals surface area contributed by atoms with Gasteiger partial charge in [-0.05, 0) is 11.6 Å². The van der Waals surface area contributed by atoms with Crippen LogP contribution in [0.15, 0.2) is 37.0 Å². The lowest BCUT2D eigenvalue weighted by molar-refractivity contribution is -0.157. The highest BCUT2D eigenvalue weighted by Gasteiger charge is 2.36. The maximum atomic E-state index is 11.3. The molecule has 0 radical (unpaired) electrons. The number of cyclic esters (lactones) is 1. The molecule has 0 aromatic rings. The Bertz CT molecular complexity index is 354. The number of allylic oxidation sites excluding steroid dienone is 3. The Morgan fingerprint density at radius 2 is 2.25 bits per heavy atom. The van der Waals surface area contributed by atoms with Gasteiger partial charge >= 0.3 is 11.9 Å². The minimum Gasteiger partial charge on any atom is -0.462 e. The third-order valence-electron chi connectivity index (χ3n) is 2.18. The molecular formula is C12H14O4. The van der Waals surface area contributed by atoms with Crippen molar-refractivity contribution in [1.29, 1.82) is 0 Å². The maximum Gasteiger partial charge on any atom is 0.347 e. The van der Waals surface area contributed by atoms with Crippen molar-refractivity contribution in [3.8, 4) is 0 Å². The average molecular weight is 222 g/mol. The second-order valence-corrected chi connectivity index (χ2v) is 3.58.